The summed E-state index contributed by atoms with van der Waals surface area (Å²) in [5.41, 5.74) is 4.92. The highest BCUT2D eigenvalue weighted by atomic mass is 16.1. The largest absolute Gasteiger partial charge is 0.346 e. The minimum atomic E-state index is -0.113. The Bertz CT molecular complexity index is 1150. The van der Waals surface area contributed by atoms with Crippen LogP contribution in [0.5, 0.6) is 0 Å². The molecule has 5 rings (SSSR count). The van der Waals surface area contributed by atoms with E-state index >= 15 is 0 Å². The first-order chi connectivity index (χ1) is 13.1. The standard InChI is InChI=1S/C20H20N6O/c1-12-18-15(9-16(13-6-7-13)23-19(18)25(2)24-12)20(27)21-10-14-11-26-8-4-3-5-17(26)22-14/h3-5,8-9,11,13H,6-7,10H2,1-2H3,(H,21,27). The van der Waals surface area contributed by atoms with E-state index in [0.29, 0.717) is 18.0 Å². The van der Waals surface area contributed by atoms with E-state index in [1.54, 1.807) is 4.68 Å². The van der Waals surface area contributed by atoms with Gasteiger partial charge in [0, 0.05) is 31.1 Å². The van der Waals surface area contributed by atoms with Gasteiger partial charge in [0.15, 0.2) is 5.65 Å². The number of hydrogen-bond donors (Lipinski definition) is 1. The Hall–Kier alpha value is -3.22. The predicted octanol–water partition coefficient (Wildman–Crippen LogP) is 2.73. The maximum Gasteiger partial charge on any atom is 0.252 e. The molecule has 1 aliphatic rings. The molecule has 4 heterocycles. The highest BCUT2D eigenvalue weighted by Crippen LogP contribution is 2.40. The number of carbonyl (C=O) groups excluding carboxylic acids is 1. The molecule has 0 aromatic carbocycles. The second-order valence-electron chi connectivity index (χ2n) is 7.16. The van der Waals surface area contributed by atoms with E-state index in [9.17, 15) is 4.79 Å². The number of nitrogens with one attached hydrogen (secondary N) is 1. The van der Waals surface area contributed by atoms with E-state index in [2.05, 4.69) is 15.4 Å². The Labute approximate surface area is 156 Å². The van der Waals surface area contributed by atoms with Crippen LogP contribution in [0.4, 0.5) is 0 Å². The fraction of sp³-hybridized carbons (Fsp3) is 0.300. The molecule has 0 saturated heterocycles. The molecule has 1 aliphatic carbocycles. The van der Waals surface area contributed by atoms with E-state index in [4.69, 9.17) is 4.98 Å². The van der Waals surface area contributed by atoms with Gasteiger partial charge in [-0.1, -0.05) is 6.07 Å². The Morgan fingerprint density at radius 3 is 2.93 bits per heavy atom. The average molecular weight is 360 g/mol. The van der Waals surface area contributed by atoms with Crippen molar-refractivity contribution in [2.24, 2.45) is 7.05 Å². The molecule has 7 heteroatoms. The average Bonchev–Trinajstić information content (AvgIpc) is 3.37. The number of imidazole rings is 1. The van der Waals surface area contributed by atoms with Gasteiger partial charge in [0.2, 0.25) is 0 Å². The molecule has 0 unspecified atom stereocenters. The molecule has 27 heavy (non-hydrogen) atoms. The minimum absolute atomic E-state index is 0.113. The first-order valence-electron chi connectivity index (χ1n) is 9.15. The van der Waals surface area contributed by atoms with E-state index < -0.39 is 0 Å². The van der Waals surface area contributed by atoms with Crippen molar-refractivity contribution in [1.29, 1.82) is 0 Å². The number of rotatable bonds is 4. The van der Waals surface area contributed by atoms with Crippen LogP contribution < -0.4 is 5.32 Å². The fourth-order valence-electron chi connectivity index (χ4n) is 3.57. The second kappa shape index (κ2) is 5.90. The molecule has 7 nitrogen and oxygen atoms in total. The first kappa shape index (κ1) is 16.0. The van der Waals surface area contributed by atoms with Crippen molar-refractivity contribution in [3.8, 4) is 0 Å². The zero-order chi connectivity index (χ0) is 18.5. The molecule has 0 bridgehead atoms. The van der Waals surface area contributed by atoms with Gasteiger partial charge in [-0.05, 0) is 38.0 Å². The summed E-state index contributed by atoms with van der Waals surface area (Å²) in [6.07, 6.45) is 6.15. The molecule has 4 aromatic rings. The second-order valence-corrected chi connectivity index (χ2v) is 7.16. The molecule has 0 atom stereocenters. The Morgan fingerprint density at radius 1 is 1.30 bits per heavy atom. The maximum absolute atomic E-state index is 13.0. The molecule has 4 aromatic heterocycles. The third-order valence-electron chi connectivity index (χ3n) is 5.07. The third-order valence-corrected chi connectivity index (χ3v) is 5.07. The predicted molar refractivity (Wildman–Crippen MR) is 102 cm³/mol. The van der Waals surface area contributed by atoms with Crippen LogP contribution >= 0.6 is 0 Å². The molecule has 1 amide bonds. The number of aryl methyl sites for hydroxylation is 2. The normalized spacial score (nSPS) is 14.1. The molecular weight excluding hydrogens is 340 g/mol. The van der Waals surface area contributed by atoms with E-state index in [1.165, 1.54) is 0 Å². The van der Waals surface area contributed by atoms with Crippen LogP contribution in [0.1, 0.15) is 46.2 Å². The fourth-order valence-corrected chi connectivity index (χ4v) is 3.57. The van der Waals surface area contributed by atoms with Crippen LogP contribution in [0.2, 0.25) is 0 Å². The minimum Gasteiger partial charge on any atom is -0.346 e. The number of carbonyl (C=O) groups is 1. The highest BCUT2D eigenvalue weighted by Gasteiger charge is 2.28. The van der Waals surface area contributed by atoms with Crippen molar-refractivity contribution < 1.29 is 4.79 Å². The van der Waals surface area contributed by atoms with Crippen molar-refractivity contribution in [2.75, 3.05) is 0 Å². The van der Waals surface area contributed by atoms with Gasteiger partial charge in [0.25, 0.3) is 5.91 Å². The van der Waals surface area contributed by atoms with Gasteiger partial charge in [-0.25, -0.2) is 9.97 Å². The van der Waals surface area contributed by atoms with Crippen molar-refractivity contribution in [1.82, 2.24) is 29.5 Å². The van der Waals surface area contributed by atoms with Gasteiger partial charge >= 0.3 is 0 Å². The first-order valence-corrected chi connectivity index (χ1v) is 9.15. The van der Waals surface area contributed by atoms with Gasteiger partial charge in [-0.2, -0.15) is 5.10 Å². The van der Waals surface area contributed by atoms with Crippen molar-refractivity contribution in [3.05, 3.63) is 59.3 Å². The zero-order valence-electron chi connectivity index (χ0n) is 15.3. The van der Waals surface area contributed by atoms with Crippen LogP contribution in [0, 0.1) is 6.92 Å². The summed E-state index contributed by atoms with van der Waals surface area (Å²) in [4.78, 5) is 22.3. The molecule has 0 radical (unpaired) electrons. The molecule has 1 saturated carbocycles. The van der Waals surface area contributed by atoms with Gasteiger partial charge in [-0.15, -0.1) is 0 Å². The monoisotopic (exact) mass is 360 g/mol. The SMILES string of the molecule is Cc1nn(C)c2nc(C3CC3)cc(C(=O)NCc3cn4ccccc4n3)c12. The number of pyridine rings is 2. The zero-order valence-corrected chi connectivity index (χ0v) is 15.3. The summed E-state index contributed by atoms with van der Waals surface area (Å²) in [5, 5.41) is 8.30. The maximum atomic E-state index is 13.0. The summed E-state index contributed by atoms with van der Waals surface area (Å²) in [6, 6.07) is 7.78. The molecule has 0 spiro atoms. The summed E-state index contributed by atoms with van der Waals surface area (Å²) in [7, 11) is 1.87. The smallest absolute Gasteiger partial charge is 0.252 e. The van der Waals surface area contributed by atoms with Crippen LogP contribution in [0.3, 0.4) is 0 Å². The highest BCUT2D eigenvalue weighted by molar-refractivity contribution is 6.06. The molecule has 136 valence electrons. The summed E-state index contributed by atoms with van der Waals surface area (Å²) >= 11 is 0. The summed E-state index contributed by atoms with van der Waals surface area (Å²) < 4.78 is 3.71. The van der Waals surface area contributed by atoms with Gasteiger partial charge in [-0.3, -0.25) is 9.48 Å². The molecule has 0 aliphatic heterocycles. The number of hydrogen-bond acceptors (Lipinski definition) is 4. The quantitative estimate of drug-likeness (QED) is 0.607. The lowest BCUT2D eigenvalue weighted by molar-refractivity contribution is 0.0952. The van der Waals surface area contributed by atoms with Gasteiger partial charge in [0.05, 0.1) is 28.9 Å². The van der Waals surface area contributed by atoms with Crippen LogP contribution in [-0.4, -0.2) is 30.1 Å². The van der Waals surface area contributed by atoms with E-state index in [-0.39, 0.29) is 5.91 Å². The Morgan fingerprint density at radius 2 is 2.15 bits per heavy atom. The van der Waals surface area contributed by atoms with Crippen LogP contribution in [0.15, 0.2) is 36.7 Å². The lowest BCUT2D eigenvalue weighted by Crippen LogP contribution is -2.23. The van der Waals surface area contributed by atoms with Crippen LogP contribution in [0.25, 0.3) is 16.7 Å². The number of fused-ring (bicyclic) bond motifs is 2. The number of nitrogens with zero attached hydrogens (tertiary/aromatic N) is 5. The van der Waals surface area contributed by atoms with Crippen molar-refractivity contribution in [2.45, 2.75) is 32.2 Å². The number of amides is 1. The van der Waals surface area contributed by atoms with Gasteiger partial charge in [0.1, 0.15) is 5.65 Å². The lowest BCUT2D eigenvalue weighted by Gasteiger charge is -2.08. The van der Waals surface area contributed by atoms with Gasteiger partial charge < -0.3 is 9.72 Å². The van der Waals surface area contributed by atoms with Crippen LogP contribution in [-0.2, 0) is 13.6 Å². The Kier molecular flexibility index (Phi) is 3.50. The molecule has 1 N–H and O–H groups in total. The summed E-state index contributed by atoms with van der Waals surface area (Å²) in [6.45, 7) is 2.29. The van der Waals surface area contributed by atoms with Crippen molar-refractivity contribution >= 4 is 22.6 Å². The Balaban J connectivity index is 1.47. The third kappa shape index (κ3) is 2.75. The molecular formula is C20H20N6O. The molecule has 1 fully saturated rings. The van der Waals surface area contributed by atoms with Crippen molar-refractivity contribution in [3.63, 3.8) is 0 Å². The van der Waals surface area contributed by atoms with E-state index in [1.807, 2.05) is 55.0 Å². The summed E-state index contributed by atoms with van der Waals surface area (Å²) in [5.74, 6) is 0.354. The lowest BCUT2D eigenvalue weighted by atomic mass is 10.1. The topological polar surface area (TPSA) is 77.1 Å². The van der Waals surface area contributed by atoms with E-state index in [0.717, 1.165) is 46.6 Å². The number of aromatic nitrogens is 5.